The molecule has 3 nitrogen and oxygen atoms in total. The summed E-state index contributed by atoms with van der Waals surface area (Å²) in [6.07, 6.45) is 4.46. The van der Waals surface area contributed by atoms with Crippen molar-refractivity contribution < 1.29 is 0 Å². The summed E-state index contributed by atoms with van der Waals surface area (Å²) in [5.74, 6) is 0.695. The highest BCUT2D eigenvalue weighted by Gasteiger charge is 2.19. The van der Waals surface area contributed by atoms with Crippen LogP contribution in [0.5, 0.6) is 0 Å². The van der Waals surface area contributed by atoms with Crippen molar-refractivity contribution in [2.75, 3.05) is 6.54 Å². The second-order valence-electron chi connectivity index (χ2n) is 4.16. The van der Waals surface area contributed by atoms with Gasteiger partial charge in [-0.15, -0.1) is 0 Å². The maximum Gasteiger partial charge on any atom is 0.149 e. The Hall–Kier alpha value is -1.16. The van der Waals surface area contributed by atoms with Crippen LogP contribution in [0, 0.1) is 0 Å². The molecule has 0 aliphatic rings. The Bertz CT molecular complexity index is 531. The van der Waals surface area contributed by atoms with E-state index in [1.54, 1.807) is 30.6 Å². The van der Waals surface area contributed by atoms with Gasteiger partial charge in [0.25, 0.3) is 0 Å². The molecule has 0 aliphatic heterocycles. The summed E-state index contributed by atoms with van der Waals surface area (Å²) >= 11 is 12.3. The first-order valence-electron chi connectivity index (χ1n) is 6.17. The normalized spacial score (nSPS) is 12.4. The first-order valence-corrected chi connectivity index (χ1v) is 6.93. The Morgan fingerprint density at radius 3 is 2.63 bits per heavy atom. The lowest BCUT2D eigenvalue weighted by atomic mass is 10.1. The Labute approximate surface area is 123 Å². The van der Waals surface area contributed by atoms with Gasteiger partial charge in [-0.1, -0.05) is 30.1 Å². The van der Waals surface area contributed by atoms with Crippen molar-refractivity contribution in [1.29, 1.82) is 0 Å². The highest BCUT2D eigenvalue weighted by Crippen LogP contribution is 2.29. The maximum atomic E-state index is 6.27. The monoisotopic (exact) mass is 295 g/mol. The molecule has 1 unspecified atom stereocenters. The number of nitrogens with one attached hydrogen (secondary N) is 1. The van der Waals surface area contributed by atoms with E-state index in [2.05, 4.69) is 22.2 Å². The zero-order valence-corrected chi connectivity index (χ0v) is 12.1. The second-order valence-corrected chi connectivity index (χ2v) is 5.00. The molecule has 0 bridgehead atoms. The Morgan fingerprint density at radius 1 is 1.21 bits per heavy atom. The van der Waals surface area contributed by atoms with E-state index in [4.69, 9.17) is 23.2 Å². The third-order valence-electron chi connectivity index (χ3n) is 2.71. The second kappa shape index (κ2) is 6.85. The van der Waals surface area contributed by atoms with E-state index in [9.17, 15) is 0 Å². The lowest BCUT2D eigenvalue weighted by molar-refractivity contribution is 0.572. The van der Waals surface area contributed by atoms with Crippen LogP contribution in [-0.4, -0.2) is 16.5 Å². The average Bonchev–Trinajstić information content (AvgIpc) is 2.44. The van der Waals surface area contributed by atoms with Crippen LogP contribution in [0.15, 0.2) is 36.7 Å². The lowest BCUT2D eigenvalue weighted by Gasteiger charge is -2.19. The summed E-state index contributed by atoms with van der Waals surface area (Å²) in [7, 11) is 0. The highest BCUT2D eigenvalue weighted by atomic mass is 35.5. The molecular formula is C14H15Cl2N3. The summed E-state index contributed by atoms with van der Waals surface area (Å²) in [6, 6.07) is 7.07. The van der Waals surface area contributed by atoms with Crippen molar-refractivity contribution in [2.45, 2.75) is 19.4 Å². The van der Waals surface area contributed by atoms with Crippen LogP contribution in [-0.2, 0) is 0 Å². The summed E-state index contributed by atoms with van der Waals surface area (Å²) in [6.45, 7) is 2.96. The number of rotatable bonds is 5. The summed E-state index contributed by atoms with van der Waals surface area (Å²) in [5, 5.41) is 4.71. The molecule has 1 atom stereocenters. The minimum absolute atomic E-state index is 0.146. The summed E-state index contributed by atoms with van der Waals surface area (Å²) in [4.78, 5) is 8.61. The van der Waals surface area contributed by atoms with Gasteiger partial charge >= 0.3 is 0 Å². The van der Waals surface area contributed by atoms with Crippen LogP contribution >= 0.6 is 23.2 Å². The summed E-state index contributed by atoms with van der Waals surface area (Å²) < 4.78 is 0. The number of aromatic nitrogens is 2. The van der Waals surface area contributed by atoms with E-state index in [1.165, 1.54) is 0 Å². The van der Waals surface area contributed by atoms with Gasteiger partial charge in [0.05, 0.1) is 6.04 Å². The lowest BCUT2D eigenvalue weighted by Crippen LogP contribution is -2.25. The van der Waals surface area contributed by atoms with Crippen molar-refractivity contribution in [2.24, 2.45) is 0 Å². The van der Waals surface area contributed by atoms with E-state index in [0.29, 0.717) is 15.9 Å². The fourth-order valence-electron chi connectivity index (χ4n) is 1.82. The predicted molar refractivity (Wildman–Crippen MR) is 78.6 cm³/mol. The van der Waals surface area contributed by atoms with Crippen LogP contribution < -0.4 is 5.32 Å². The molecule has 2 aromatic rings. The molecule has 5 heteroatoms. The zero-order valence-electron chi connectivity index (χ0n) is 10.6. The topological polar surface area (TPSA) is 37.8 Å². The average molecular weight is 296 g/mol. The van der Waals surface area contributed by atoms with Gasteiger partial charge in [-0.3, -0.25) is 0 Å². The van der Waals surface area contributed by atoms with Gasteiger partial charge in [0.2, 0.25) is 0 Å². The minimum atomic E-state index is -0.146. The number of hydrogen-bond donors (Lipinski definition) is 1. The Balaban J connectivity index is 2.40. The maximum absolute atomic E-state index is 6.27. The molecular weight excluding hydrogens is 281 g/mol. The fraction of sp³-hybridized carbons (Fsp3) is 0.286. The van der Waals surface area contributed by atoms with Gasteiger partial charge in [-0.05, 0) is 42.8 Å². The molecule has 0 saturated carbocycles. The molecule has 1 aromatic heterocycles. The molecule has 0 radical (unpaired) electrons. The van der Waals surface area contributed by atoms with Gasteiger partial charge < -0.3 is 5.32 Å². The van der Waals surface area contributed by atoms with E-state index in [-0.39, 0.29) is 6.04 Å². The largest absolute Gasteiger partial charge is 0.304 e. The molecule has 0 fully saturated rings. The molecule has 100 valence electrons. The number of hydrogen-bond acceptors (Lipinski definition) is 3. The molecule has 0 saturated heterocycles. The Morgan fingerprint density at radius 2 is 1.95 bits per heavy atom. The quantitative estimate of drug-likeness (QED) is 0.910. The van der Waals surface area contributed by atoms with Crippen LogP contribution in [0.1, 0.15) is 30.8 Å². The van der Waals surface area contributed by atoms with E-state index >= 15 is 0 Å². The smallest absolute Gasteiger partial charge is 0.149 e. The van der Waals surface area contributed by atoms with E-state index in [0.717, 1.165) is 18.5 Å². The van der Waals surface area contributed by atoms with Crippen molar-refractivity contribution in [3.63, 3.8) is 0 Å². The van der Waals surface area contributed by atoms with Crippen molar-refractivity contribution >= 4 is 23.2 Å². The van der Waals surface area contributed by atoms with Crippen LogP contribution in [0.3, 0.4) is 0 Å². The predicted octanol–water partition coefficient (Wildman–Crippen LogP) is 3.87. The third-order valence-corrected chi connectivity index (χ3v) is 3.29. The molecule has 0 spiro atoms. The number of nitrogens with zero attached hydrogens (tertiary/aromatic N) is 2. The van der Waals surface area contributed by atoms with E-state index in [1.807, 2.05) is 6.07 Å². The minimum Gasteiger partial charge on any atom is -0.304 e. The highest BCUT2D eigenvalue weighted by molar-refractivity contribution is 6.33. The fourth-order valence-corrected chi connectivity index (χ4v) is 2.23. The van der Waals surface area contributed by atoms with Gasteiger partial charge in [-0.25, -0.2) is 9.97 Å². The molecule has 1 aromatic carbocycles. The zero-order chi connectivity index (χ0) is 13.7. The van der Waals surface area contributed by atoms with E-state index < -0.39 is 0 Å². The van der Waals surface area contributed by atoms with Crippen molar-refractivity contribution in [1.82, 2.24) is 15.3 Å². The van der Waals surface area contributed by atoms with Gasteiger partial charge in [0.1, 0.15) is 5.82 Å². The first-order chi connectivity index (χ1) is 9.22. The standard InChI is InChI=1S/C14H15Cl2N3/c1-2-6-17-13(14-18-7-3-8-19-14)11-9-10(15)4-5-12(11)16/h3-5,7-9,13,17H,2,6H2,1H3. The first kappa shape index (κ1) is 14.3. The summed E-state index contributed by atoms with van der Waals surface area (Å²) in [5.41, 5.74) is 0.897. The van der Waals surface area contributed by atoms with Crippen LogP contribution in [0.4, 0.5) is 0 Å². The molecule has 0 amide bonds. The van der Waals surface area contributed by atoms with Gasteiger partial charge in [0.15, 0.2) is 0 Å². The SMILES string of the molecule is CCCNC(c1ncccn1)c1cc(Cl)ccc1Cl. The van der Waals surface area contributed by atoms with Gasteiger partial charge in [0, 0.05) is 22.4 Å². The molecule has 1 N–H and O–H groups in total. The van der Waals surface area contributed by atoms with Crippen molar-refractivity contribution in [3.8, 4) is 0 Å². The van der Waals surface area contributed by atoms with Crippen LogP contribution in [0.25, 0.3) is 0 Å². The molecule has 0 aliphatic carbocycles. The van der Waals surface area contributed by atoms with Crippen LogP contribution in [0.2, 0.25) is 10.0 Å². The number of benzene rings is 1. The molecule has 2 rings (SSSR count). The third kappa shape index (κ3) is 3.66. The molecule has 19 heavy (non-hydrogen) atoms. The molecule has 1 heterocycles. The van der Waals surface area contributed by atoms with Crippen molar-refractivity contribution in [3.05, 3.63) is 58.1 Å². The Kier molecular flexibility index (Phi) is 5.14. The number of halogens is 2. The van der Waals surface area contributed by atoms with Gasteiger partial charge in [-0.2, -0.15) is 0 Å².